The molecule has 0 saturated heterocycles. The maximum atomic E-state index is 6.24. The van der Waals surface area contributed by atoms with Gasteiger partial charge >= 0.3 is 0 Å². The van der Waals surface area contributed by atoms with Crippen molar-refractivity contribution in [1.29, 1.82) is 0 Å². The third-order valence-electron chi connectivity index (χ3n) is 3.80. The van der Waals surface area contributed by atoms with Crippen LogP contribution in [0.4, 0.5) is 0 Å². The first-order valence-electron chi connectivity index (χ1n) is 6.02. The van der Waals surface area contributed by atoms with Gasteiger partial charge in [0.05, 0.1) is 5.60 Å². The second kappa shape index (κ2) is 4.56. The topological polar surface area (TPSA) is 35.2 Å². The van der Waals surface area contributed by atoms with Gasteiger partial charge in [-0.05, 0) is 38.2 Å². The summed E-state index contributed by atoms with van der Waals surface area (Å²) in [5.41, 5.74) is 8.79. The molecule has 0 aromatic heterocycles. The molecule has 2 heteroatoms. The van der Waals surface area contributed by atoms with Gasteiger partial charge in [-0.3, -0.25) is 0 Å². The highest BCUT2D eigenvalue weighted by atomic mass is 16.5. The molecule has 1 fully saturated rings. The van der Waals surface area contributed by atoms with Gasteiger partial charge in [-0.2, -0.15) is 0 Å². The molecule has 0 aliphatic heterocycles. The van der Waals surface area contributed by atoms with Crippen LogP contribution < -0.4 is 5.73 Å². The van der Waals surface area contributed by atoms with E-state index in [9.17, 15) is 0 Å². The summed E-state index contributed by atoms with van der Waals surface area (Å²) in [6, 6.07) is 8.59. The second-order valence-electron chi connectivity index (χ2n) is 4.96. The lowest BCUT2D eigenvalue weighted by molar-refractivity contribution is -0.0816. The fourth-order valence-electron chi connectivity index (χ4n) is 2.39. The Bertz CT molecular complexity index is 335. The van der Waals surface area contributed by atoms with Crippen molar-refractivity contribution < 1.29 is 4.74 Å². The molecule has 0 heterocycles. The van der Waals surface area contributed by atoms with E-state index < -0.39 is 0 Å². The van der Waals surface area contributed by atoms with Gasteiger partial charge in [0, 0.05) is 13.2 Å². The first-order chi connectivity index (χ1) is 7.65. The Labute approximate surface area is 97.8 Å². The zero-order valence-electron chi connectivity index (χ0n) is 10.2. The first kappa shape index (κ1) is 11.6. The van der Waals surface area contributed by atoms with Gasteiger partial charge in [0.2, 0.25) is 0 Å². The molecule has 2 nitrogen and oxygen atoms in total. The highest BCUT2D eigenvalue weighted by molar-refractivity contribution is 5.24. The van der Waals surface area contributed by atoms with Gasteiger partial charge < -0.3 is 10.5 Å². The highest BCUT2D eigenvalue weighted by Crippen LogP contribution is 2.41. The van der Waals surface area contributed by atoms with Crippen LogP contribution in [0.25, 0.3) is 0 Å². The smallest absolute Gasteiger partial charge is 0.0696 e. The summed E-state index contributed by atoms with van der Waals surface area (Å²) in [7, 11) is 1.81. The molecular weight excluding hydrogens is 198 g/mol. The second-order valence-corrected chi connectivity index (χ2v) is 4.96. The van der Waals surface area contributed by atoms with E-state index in [2.05, 4.69) is 31.2 Å². The molecule has 1 aromatic carbocycles. The summed E-state index contributed by atoms with van der Waals surface area (Å²) >= 11 is 0. The molecule has 2 rings (SSSR count). The number of rotatable bonds is 4. The normalized spacial score (nSPS) is 20.2. The third-order valence-corrected chi connectivity index (χ3v) is 3.80. The van der Waals surface area contributed by atoms with E-state index >= 15 is 0 Å². The number of hydrogen-bond acceptors (Lipinski definition) is 2. The Balaban J connectivity index is 2.02. The van der Waals surface area contributed by atoms with Crippen LogP contribution >= 0.6 is 0 Å². The lowest BCUT2D eigenvalue weighted by Gasteiger charge is -2.42. The van der Waals surface area contributed by atoms with E-state index in [4.69, 9.17) is 10.5 Å². The quantitative estimate of drug-likeness (QED) is 0.845. The molecule has 0 spiro atoms. The fourth-order valence-corrected chi connectivity index (χ4v) is 2.39. The number of methoxy groups -OCH3 is 1. The van der Waals surface area contributed by atoms with Gasteiger partial charge in [-0.25, -0.2) is 0 Å². The van der Waals surface area contributed by atoms with Crippen LogP contribution in [0, 0.1) is 6.92 Å². The van der Waals surface area contributed by atoms with Crippen LogP contribution in [0.5, 0.6) is 0 Å². The lowest BCUT2D eigenvalue weighted by atomic mass is 9.75. The van der Waals surface area contributed by atoms with Crippen molar-refractivity contribution >= 4 is 0 Å². The van der Waals surface area contributed by atoms with E-state index in [0.29, 0.717) is 0 Å². The molecular formula is C14H21NO. The standard InChI is InChI=1S/C14H21NO/c1-11-4-6-12(7-5-11)13(15)10-14(16-2)8-3-9-14/h4-7,13H,3,8-10,15H2,1-2H3. The van der Waals surface area contributed by atoms with Crippen molar-refractivity contribution in [2.24, 2.45) is 5.73 Å². The zero-order chi connectivity index (χ0) is 11.6. The predicted octanol–water partition coefficient (Wildman–Crippen LogP) is 2.95. The van der Waals surface area contributed by atoms with Crippen LogP contribution in [0.2, 0.25) is 0 Å². The summed E-state index contributed by atoms with van der Waals surface area (Å²) < 4.78 is 5.61. The van der Waals surface area contributed by atoms with E-state index in [-0.39, 0.29) is 11.6 Å². The molecule has 88 valence electrons. The van der Waals surface area contributed by atoms with Crippen LogP contribution in [-0.2, 0) is 4.74 Å². The van der Waals surface area contributed by atoms with Gasteiger partial charge in [0.25, 0.3) is 0 Å². The average molecular weight is 219 g/mol. The largest absolute Gasteiger partial charge is 0.378 e. The number of hydrogen-bond donors (Lipinski definition) is 1. The predicted molar refractivity (Wildman–Crippen MR) is 66.3 cm³/mol. The first-order valence-corrected chi connectivity index (χ1v) is 6.02. The van der Waals surface area contributed by atoms with Crippen molar-refractivity contribution in [1.82, 2.24) is 0 Å². The van der Waals surface area contributed by atoms with E-state index in [1.165, 1.54) is 17.5 Å². The third kappa shape index (κ3) is 2.28. The minimum atomic E-state index is 0.0598. The van der Waals surface area contributed by atoms with Crippen molar-refractivity contribution in [3.8, 4) is 0 Å². The minimum Gasteiger partial charge on any atom is -0.378 e. The maximum absolute atomic E-state index is 6.24. The summed E-state index contributed by atoms with van der Waals surface area (Å²) in [5, 5.41) is 0. The number of nitrogens with two attached hydrogens (primary N) is 1. The van der Waals surface area contributed by atoms with E-state index in [1.54, 1.807) is 7.11 Å². The molecule has 1 saturated carbocycles. The summed E-state index contributed by atoms with van der Waals surface area (Å²) in [5.74, 6) is 0. The van der Waals surface area contributed by atoms with Crippen molar-refractivity contribution in [3.05, 3.63) is 35.4 Å². The fraction of sp³-hybridized carbons (Fsp3) is 0.571. The molecule has 1 unspecified atom stereocenters. The monoisotopic (exact) mass is 219 g/mol. The molecule has 0 amide bonds. The van der Waals surface area contributed by atoms with Crippen LogP contribution in [0.3, 0.4) is 0 Å². The molecule has 0 radical (unpaired) electrons. The van der Waals surface area contributed by atoms with Gasteiger partial charge in [0.1, 0.15) is 0 Å². The molecule has 16 heavy (non-hydrogen) atoms. The Morgan fingerprint density at radius 1 is 1.31 bits per heavy atom. The molecule has 1 aliphatic carbocycles. The average Bonchev–Trinajstić information content (AvgIpc) is 2.24. The van der Waals surface area contributed by atoms with Crippen LogP contribution in [0.1, 0.15) is 42.9 Å². The van der Waals surface area contributed by atoms with Gasteiger partial charge in [0.15, 0.2) is 0 Å². The molecule has 1 aromatic rings. The zero-order valence-corrected chi connectivity index (χ0v) is 10.2. The van der Waals surface area contributed by atoms with E-state index in [1.807, 2.05) is 0 Å². The Hall–Kier alpha value is -0.860. The molecule has 1 aliphatic rings. The SMILES string of the molecule is COC1(CC(N)c2ccc(C)cc2)CCC1. The lowest BCUT2D eigenvalue weighted by Crippen LogP contribution is -2.41. The van der Waals surface area contributed by atoms with Crippen LogP contribution in [-0.4, -0.2) is 12.7 Å². The number of benzene rings is 1. The van der Waals surface area contributed by atoms with Gasteiger partial charge in [-0.1, -0.05) is 29.8 Å². The molecule has 1 atom stereocenters. The highest BCUT2D eigenvalue weighted by Gasteiger charge is 2.38. The molecule has 2 N–H and O–H groups in total. The summed E-state index contributed by atoms with van der Waals surface area (Å²) in [6.45, 7) is 2.10. The summed E-state index contributed by atoms with van der Waals surface area (Å²) in [6.07, 6.45) is 4.52. The van der Waals surface area contributed by atoms with Gasteiger partial charge in [-0.15, -0.1) is 0 Å². The Kier molecular flexibility index (Phi) is 3.31. The van der Waals surface area contributed by atoms with Crippen LogP contribution in [0.15, 0.2) is 24.3 Å². The number of ether oxygens (including phenoxy) is 1. The van der Waals surface area contributed by atoms with Crippen molar-refractivity contribution in [2.45, 2.75) is 44.2 Å². The number of aryl methyl sites for hydroxylation is 1. The molecule has 0 bridgehead atoms. The van der Waals surface area contributed by atoms with Crippen molar-refractivity contribution in [3.63, 3.8) is 0 Å². The van der Waals surface area contributed by atoms with E-state index in [0.717, 1.165) is 19.3 Å². The summed E-state index contributed by atoms with van der Waals surface area (Å²) in [4.78, 5) is 0. The van der Waals surface area contributed by atoms with Crippen molar-refractivity contribution in [2.75, 3.05) is 7.11 Å². The Morgan fingerprint density at radius 2 is 1.94 bits per heavy atom. The minimum absolute atomic E-state index is 0.0598. The maximum Gasteiger partial charge on any atom is 0.0696 e. The Morgan fingerprint density at radius 3 is 2.38 bits per heavy atom.